The van der Waals surface area contributed by atoms with E-state index in [1.54, 1.807) is 6.07 Å². The van der Waals surface area contributed by atoms with Gasteiger partial charge in [0.2, 0.25) is 5.95 Å². The number of nitrogens with one attached hydrogen (secondary N) is 1. The summed E-state index contributed by atoms with van der Waals surface area (Å²) >= 11 is 3.44. The largest absolute Gasteiger partial charge is 0.324 e. The van der Waals surface area contributed by atoms with E-state index in [0.717, 1.165) is 21.4 Å². The fraction of sp³-hybridized carbons (Fsp3) is 0.154. The van der Waals surface area contributed by atoms with Crippen molar-refractivity contribution in [2.45, 2.75) is 13.8 Å². The van der Waals surface area contributed by atoms with Crippen LogP contribution in [0.5, 0.6) is 0 Å². The molecule has 0 fully saturated rings. The highest BCUT2D eigenvalue weighted by Crippen LogP contribution is 2.21. The molecule has 0 saturated heterocycles. The first kappa shape index (κ1) is 12.5. The van der Waals surface area contributed by atoms with Crippen LogP contribution in [0.4, 0.5) is 11.6 Å². The molecule has 1 N–H and O–H groups in total. The first-order valence-electron chi connectivity index (χ1n) is 5.37. The van der Waals surface area contributed by atoms with Crippen molar-refractivity contribution < 1.29 is 0 Å². The maximum absolute atomic E-state index is 8.87. The molecule has 0 unspecified atom stereocenters. The van der Waals surface area contributed by atoms with Crippen LogP contribution in [0.15, 0.2) is 28.7 Å². The second-order valence-corrected chi connectivity index (χ2v) is 4.89. The molecule has 0 spiro atoms. The van der Waals surface area contributed by atoms with Gasteiger partial charge in [-0.1, -0.05) is 15.9 Å². The summed E-state index contributed by atoms with van der Waals surface area (Å²) in [5.74, 6) is 0.434. The Bertz CT molecular complexity index is 611. The van der Waals surface area contributed by atoms with E-state index in [-0.39, 0.29) is 0 Å². The molecule has 0 saturated carbocycles. The normalized spacial score (nSPS) is 9.89. The first-order chi connectivity index (χ1) is 8.56. The average Bonchev–Trinajstić information content (AvgIpc) is 2.26. The molecule has 1 aromatic heterocycles. The van der Waals surface area contributed by atoms with Gasteiger partial charge in [-0.2, -0.15) is 5.26 Å². The SMILES string of the molecule is Cc1cc(Br)cc(Nc2nc(C)cc(C#N)n2)c1. The van der Waals surface area contributed by atoms with Gasteiger partial charge in [0.05, 0.1) is 0 Å². The molecule has 2 aromatic rings. The van der Waals surface area contributed by atoms with Gasteiger partial charge in [-0.15, -0.1) is 0 Å². The maximum atomic E-state index is 8.87. The molecule has 5 heteroatoms. The summed E-state index contributed by atoms with van der Waals surface area (Å²) in [5.41, 5.74) is 3.13. The molecule has 0 amide bonds. The van der Waals surface area contributed by atoms with Crippen LogP contribution in [0.3, 0.4) is 0 Å². The van der Waals surface area contributed by atoms with Gasteiger partial charge in [0, 0.05) is 15.9 Å². The Labute approximate surface area is 114 Å². The second-order valence-electron chi connectivity index (χ2n) is 3.97. The number of hydrogen-bond donors (Lipinski definition) is 1. The van der Waals surface area contributed by atoms with Crippen molar-refractivity contribution in [3.63, 3.8) is 0 Å². The van der Waals surface area contributed by atoms with Crippen molar-refractivity contribution in [1.29, 1.82) is 5.26 Å². The van der Waals surface area contributed by atoms with Crippen LogP contribution in [-0.4, -0.2) is 9.97 Å². The predicted octanol–water partition coefficient (Wildman–Crippen LogP) is 3.47. The van der Waals surface area contributed by atoms with Gasteiger partial charge in [0.15, 0.2) is 0 Å². The van der Waals surface area contributed by atoms with Gasteiger partial charge < -0.3 is 5.32 Å². The van der Waals surface area contributed by atoms with Gasteiger partial charge in [0.1, 0.15) is 11.8 Å². The Morgan fingerprint density at radius 3 is 2.61 bits per heavy atom. The van der Waals surface area contributed by atoms with Crippen LogP contribution >= 0.6 is 15.9 Å². The molecule has 0 aliphatic carbocycles. The van der Waals surface area contributed by atoms with Crippen molar-refractivity contribution in [3.05, 3.63) is 45.7 Å². The third kappa shape index (κ3) is 3.05. The molecule has 0 radical (unpaired) electrons. The first-order valence-corrected chi connectivity index (χ1v) is 6.16. The summed E-state index contributed by atoms with van der Waals surface area (Å²) in [5, 5.41) is 12.0. The van der Waals surface area contributed by atoms with Crippen molar-refractivity contribution in [2.24, 2.45) is 0 Å². The minimum atomic E-state index is 0.358. The highest BCUT2D eigenvalue weighted by molar-refractivity contribution is 9.10. The Hall–Kier alpha value is -1.93. The molecule has 90 valence electrons. The minimum absolute atomic E-state index is 0.358. The van der Waals surface area contributed by atoms with E-state index < -0.39 is 0 Å². The van der Waals surface area contributed by atoms with Gasteiger partial charge in [-0.3, -0.25) is 0 Å². The fourth-order valence-corrected chi connectivity index (χ4v) is 2.23. The van der Waals surface area contributed by atoms with Crippen LogP contribution in [0, 0.1) is 25.2 Å². The Balaban J connectivity index is 2.34. The highest BCUT2D eigenvalue weighted by Gasteiger charge is 2.03. The lowest BCUT2D eigenvalue weighted by atomic mass is 10.2. The van der Waals surface area contributed by atoms with Gasteiger partial charge in [0.25, 0.3) is 0 Å². The monoisotopic (exact) mass is 302 g/mol. The summed E-state index contributed by atoms with van der Waals surface area (Å²) < 4.78 is 0.984. The lowest BCUT2D eigenvalue weighted by molar-refractivity contribution is 1.09. The van der Waals surface area contributed by atoms with Crippen molar-refractivity contribution in [3.8, 4) is 6.07 Å². The summed E-state index contributed by atoms with van der Waals surface area (Å²) in [6.45, 7) is 3.84. The third-order valence-electron chi connectivity index (χ3n) is 2.27. The molecule has 1 heterocycles. The number of nitriles is 1. The zero-order chi connectivity index (χ0) is 13.1. The van der Waals surface area contributed by atoms with E-state index in [1.807, 2.05) is 38.1 Å². The molecular formula is C13H11BrN4. The van der Waals surface area contributed by atoms with Crippen LogP contribution in [0.25, 0.3) is 0 Å². The molecular weight excluding hydrogens is 292 g/mol. The van der Waals surface area contributed by atoms with E-state index >= 15 is 0 Å². The quantitative estimate of drug-likeness (QED) is 0.922. The van der Waals surface area contributed by atoms with Crippen molar-refractivity contribution in [1.82, 2.24) is 9.97 Å². The number of nitrogens with zero attached hydrogens (tertiary/aromatic N) is 3. The zero-order valence-electron chi connectivity index (χ0n) is 10.0. The Kier molecular flexibility index (Phi) is 3.58. The number of rotatable bonds is 2. The number of benzene rings is 1. The van der Waals surface area contributed by atoms with Gasteiger partial charge in [-0.25, -0.2) is 9.97 Å². The molecule has 1 aromatic carbocycles. The Morgan fingerprint density at radius 1 is 1.17 bits per heavy atom. The van der Waals surface area contributed by atoms with E-state index in [9.17, 15) is 0 Å². The number of hydrogen-bond acceptors (Lipinski definition) is 4. The smallest absolute Gasteiger partial charge is 0.228 e. The molecule has 2 rings (SSSR count). The molecule has 0 bridgehead atoms. The van der Waals surface area contributed by atoms with Crippen LogP contribution in [0.2, 0.25) is 0 Å². The summed E-state index contributed by atoms with van der Waals surface area (Å²) in [7, 11) is 0. The van der Waals surface area contributed by atoms with E-state index in [1.165, 1.54) is 0 Å². The van der Waals surface area contributed by atoms with E-state index in [2.05, 4.69) is 31.2 Å². The van der Waals surface area contributed by atoms with E-state index in [4.69, 9.17) is 5.26 Å². The number of anilines is 2. The summed E-state index contributed by atoms with van der Waals surface area (Å²) in [4.78, 5) is 8.36. The predicted molar refractivity (Wildman–Crippen MR) is 73.6 cm³/mol. The summed E-state index contributed by atoms with van der Waals surface area (Å²) in [6, 6.07) is 9.61. The van der Waals surface area contributed by atoms with E-state index in [0.29, 0.717) is 11.6 Å². The van der Waals surface area contributed by atoms with Crippen LogP contribution in [-0.2, 0) is 0 Å². The van der Waals surface area contributed by atoms with Gasteiger partial charge >= 0.3 is 0 Å². The van der Waals surface area contributed by atoms with Gasteiger partial charge in [-0.05, 0) is 43.7 Å². The van der Waals surface area contributed by atoms with Crippen LogP contribution < -0.4 is 5.32 Å². The number of halogens is 1. The molecule has 18 heavy (non-hydrogen) atoms. The van der Waals surface area contributed by atoms with Crippen LogP contribution in [0.1, 0.15) is 17.0 Å². The molecule has 0 aliphatic rings. The maximum Gasteiger partial charge on any atom is 0.228 e. The highest BCUT2D eigenvalue weighted by atomic mass is 79.9. The fourth-order valence-electron chi connectivity index (χ4n) is 1.62. The zero-order valence-corrected chi connectivity index (χ0v) is 11.6. The van der Waals surface area contributed by atoms with Crippen molar-refractivity contribution >= 4 is 27.6 Å². The lowest BCUT2D eigenvalue weighted by Gasteiger charge is -2.07. The summed E-state index contributed by atoms with van der Waals surface area (Å²) in [6.07, 6.45) is 0. The lowest BCUT2D eigenvalue weighted by Crippen LogP contribution is -2.00. The number of aromatic nitrogens is 2. The molecule has 4 nitrogen and oxygen atoms in total. The molecule has 0 atom stereocenters. The molecule has 0 aliphatic heterocycles. The topological polar surface area (TPSA) is 61.6 Å². The second kappa shape index (κ2) is 5.15. The van der Waals surface area contributed by atoms with Crippen molar-refractivity contribution in [2.75, 3.05) is 5.32 Å². The third-order valence-corrected chi connectivity index (χ3v) is 2.72. The average molecular weight is 303 g/mol. The Morgan fingerprint density at radius 2 is 1.94 bits per heavy atom. The number of aryl methyl sites for hydroxylation is 2. The standard InChI is InChI=1S/C13H11BrN4/c1-8-3-10(14)6-11(4-8)17-13-16-9(2)5-12(7-15)18-13/h3-6H,1-2H3,(H,16,17,18). The minimum Gasteiger partial charge on any atom is -0.324 e.